The van der Waals surface area contributed by atoms with Gasteiger partial charge in [0.2, 0.25) is 0 Å². The van der Waals surface area contributed by atoms with Gasteiger partial charge in [0.05, 0.1) is 6.54 Å². The molecule has 4 N–H and O–H groups in total. The molecule has 0 saturated heterocycles. The number of ether oxygens (including phenoxy) is 1. The third-order valence-electron chi connectivity index (χ3n) is 3.58. The molecule has 7 nitrogen and oxygen atoms in total. The van der Waals surface area contributed by atoms with Crippen molar-refractivity contribution in [3.05, 3.63) is 0 Å². The fourth-order valence-electron chi connectivity index (χ4n) is 2.05. The lowest BCUT2D eigenvalue weighted by Crippen LogP contribution is -2.49. The number of aliphatic hydroxyl groups excluding tert-OH is 1. The average Bonchev–Trinajstić information content (AvgIpc) is 2.53. The summed E-state index contributed by atoms with van der Waals surface area (Å²) in [6.07, 6.45) is 2.63. The summed E-state index contributed by atoms with van der Waals surface area (Å²) in [5, 5.41) is 18.9. The molecule has 0 aliphatic heterocycles. The maximum Gasteiger partial charge on any atom is 0.407 e. The van der Waals surface area contributed by atoms with Crippen LogP contribution in [0.15, 0.2) is 4.99 Å². The standard InChI is InChI=1S/C19H40N4O3/c1-8-10-11-15(12-21-17(25)26-18(3,4)5)23-16(20-9-2)22-13-19(6,7)14-24/h15,24H,8-14H2,1-7H3,(H,21,25)(H2,20,22,23). The number of hydrogen-bond donors (Lipinski definition) is 4. The minimum Gasteiger partial charge on any atom is -0.444 e. The molecule has 0 fully saturated rings. The number of unbranched alkanes of at least 4 members (excludes halogenated alkanes) is 1. The highest BCUT2D eigenvalue weighted by Gasteiger charge is 2.19. The Hall–Kier alpha value is -1.50. The number of carbonyl (C=O) groups is 1. The molecule has 0 aliphatic carbocycles. The summed E-state index contributed by atoms with van der Waals surface area (Å²) in [5.41, 5.74) is -0.779. The molecule has 0 radical (unpaired) electrons. The summed E-state index contributed by atoms with van der Waals surface area (Å²) in [7, 11) is 0. The van der Waals surface area contributed by atoms with E-state index in [0.717, 1.165) is 25.8 Å². The second kappa shape index (κ2) is 12.0. The first-order valence-corrected chi connectivity index (χ1v) is 9.65. The number of alkyl carbamates (subject to hydrolysis) is 1. The Kier molecular flexibility index (Phi) is 11.3. The fourth-order valence-corrected chi connectivity index (χ4v) is 2.05. The van der Waals surface area contributed by atoms with Gasteiger partial charge in [-0.2, -0.15) is 0 Å². The third-order valence-corrected chi connectivity index (χ3v) is 3.58. The van der Waals surface area contributed by atoms with Gasteiger partial charge in [0.15, 0.2) is 5.96 Å². The second-order valence-electron chi connectivity index (χ2n) is 8.38. The smallest absolute Gasteiger partial charge is 0.407 e. The maximum atomic E-state index is 11.9. The third kappa shape index (κ3) is 12.8. The topological polar surface area (TPSA) is 95.0 Å². The average molecular weight is 373 g/mol. The lowest BCUT2D eigenvalue weighted by atomic mass is 9.95. The van der Waals surface area contributed by atoms with Crippen LogP contribution in [0.2, 0.25) is 0 Å². The number of carbonyl (C=O) groups excluding carboxylic acids is 1. The van der Waals surface area contributed by atoms with Crippen molar-refractivity contribution >= 4 is 12.1 Å². The largest absolute Gasteiger partial charge is 0.444 e. The SMILES string of the molecule is CCCCC(CNC(=O)OC(C)(C)C)NC(=NCC(C)(C)CO)NCC. The lowest BCUT2D eigenvalue weighted by Gasteiger charge is -2.25. The van der Waals surface area contributed by atoms with Gasteiger partial charge in [-0.05, 0) is 34.1 Å². The van der Waals surface area contributed by atoms with Crippen molar-refractivity contribution in [1.29, 1.82) is 0 Å². The minimum absolute atomic E-state index is 0.0532. The number of guanidine groups is 1. The van der Waals surface area contributed by atoms with Crippen molar-refractivity contribution in [3.63, 3.8) is 0 Å². The summed E-state index contributed by atoms with van der Waals surface area (Å²) in [4.78, 5) is 16.5. The molecule has 154 valence electrons. The van der Waals surface area contributed by atoms with Crippen LogP contribution in [0.3, 0.4) is 0 Å². The molecular formula is C19H40N4O3. The highest BCUT2D eigenvalue weighted by Crippen LogP contribution is 2.13. The van der Waals surface area contributed by atoms with Gasteiger partial charge in [-0.25, -0.2) is 4.79 Å². The summed E-state index contributed by atoms with van der Waals surface area (Å²) in [6, 6.07) is 0.0532. The maximum absolute atomic E-state index is 11.9. The number of rotatable bonds is 10. The van der Waals surface area contributed by atoms with Crippen LogP contribution in [0, 0.1) is 5.41 Å². The molecule has 0 aromatic heterocycles. The Morgan fingerprint density at radius 1 is 1.15 bits per heavy atom. The molecular weight excluding hydrogens is 332 g/mol. The normalized spacial score (nSPS) is 13.9. The van der Waals surface area contributed by atoms with Crippen LogP contribution in [0.4, 0.5) is 4.79 Å². The van der Waals surface area contributed by atoms with Gasteiger partial charge in [0.1, 0.15) is 5.60 Å². The van der Waals surface area contributed by atoms with E-state index in [0.29, 0.717) is 19.0 Å². The van der Waals surface area contributed by atoms with E-state index in [-0.39, 0.29) is 18.1 Å². The van der Waals surface area contributed by atoms with E-state index in [1.165, 1.54) is 0 Å². The van der Waals surface area contributed by atoms with E-state index in [2.05, 4.69) is 27.9 Å². The first kappa shape index (κ1) is 24.5. The zero-order valence-corrected chi connectivity index (χ0v) is 17.7. The van der Waals surface area contributed by atoms with Crippen molar-refractivity contribution in [2.45, 2.75) is 79.4 Å². The predicted molar refractivity (Wildman–Crippen MR) is 108 cm³/mol. The molecule has 0 bridgehead atoms. The Balaban J connectivity index is 4.85. The lowest BCUT2D eigenvalue weighted by molar-refractivity contribution is 0.0522. The molecule has 26 heavy (non-hydrogen) atoms. The van der Waals surface area contributed by atoms with E-state index in [1.54, 1.807) is 0 Å². The molecule has 0 aromatic rings. The van der Waals surface area contributed by atoms with E-state index in [4.69, 9.17) is 4.74 Å². The van der Waals surface area contributed by atoms with Crippen LogP contribution in [0.1, 0.15) is 67.7 Å². The van der Waals surface area contributed by atoms with E-state index < -0.39 is 11.7 Å². The zero-order chi connectivity index (χ0) is 20.2. The number of amides is 1. The molecule has 7 heteroatoms. The van der Waals surface area contributed by atoms with E-state index in [1.807, 2.05) is 41.5 Å². The van der Waals surface area contributed by atoms with E-state index in [9.17, 15) is 9.90 Å². The molecule has 0 aromatic carbocycles. The van der Waals surface area contributed by atoms with Crippen LogP contribution in [0.5, 0.6) is 0 Å². The van der Waals surface area contributed by atoms with Crippen molar-refractivity contribution in [2.24, 2.45) is 10.4 Å². The highest BCUT2D eigenvalue weighted by molar-refractivity contribution is 5.80. The summed E-state index contributed by atoms with van der Waals surface area (Å²) < 4.78 is 5.30. The quantitative estimate of drug-likeness (QED) is 0.349. The van der Waals surface area contributed by atoms with Crippen molar-refractivity contribution in [1.82, 2.24) is 16.0 Å². The molecule has 1 unspecified atom stereocenters. The molecule has 1 atom stereocenters. The van der Waals surface area contributed by atoms with Crippen LogP contribution < -0.4 is 16.0 Å². The summed E-state index contributed by atoms with van der Waals surface area (Å²) >= 11 is 0. The number of aliphatic hydroxyl groups is 1. The van der Waals surface area contributed by atoms with Crippen molar-refractivity contribution in [2.75, 3.05) is 26.2 Å². The number of nitrogens with one attached hydrogen (secondary N) is 3. The number of aliphatic imine (C=N–C) groups is 1. The molecule has 1 amide bonds. The molecule has 0 spiro atoms. The van der Waals surface area contributed by atoms with Crippen LogP contribution in [-0.4, -0.2) is 55.0 Å². The summed E-state index contributed by atoms with van der Waals surface area (Å²) in [6.45, 7) is 15.4. The fraction of sp³-hybridized carbons (Fsp3) is 0.895. The van der Waals surface area contributed by atoms with Crippen LogP contribution in [-0.2, 0) is 4.74 Å². The Morgan fingerprint density at radius 2 is 1.81 bits per heavy atom. The van der Waals surface area contributed by atoms with Crippen LogP contribution in [0.25, 0.3) is 0 Å². The van der Waals surface area contributed by atoms with E-state index >= 15 is 0 Å². The highest BCUT2D eigenvalue weighted by atomic mass is 16.6. The number of hydrogen-bond acceptors (Lipinski definition) is 4. The van der Waals surface area contributed by atoms with Gasteiger partial charge in [0, 0.05) is 31.2 Å². The van der Waals surface area contributed by atoms with Gasteiger partial charge in [0.25, 0.3) is 0 Å². The number of nitrogens with zero attached hydrogens (tertiary/aromatic N) is 1. The molecule has 0 saturated carbocycles. The Bertz CT molecular complexity index is 431. The zero-order valence-electron chi connectivity index (χ0n) is 17.7. The van der Waals surface area contributed by atoms with Gasteiger partial charge < -0.3 is 25.8 Å². The predicted octanol–water partition coefficient (Wildman–Crippen LogP) is 2.64. The monoisotopic (exact) mass is 372 g/mol. The summed E-state index contributed by atoms with van der Waals surface area (Å²) in [5.74, 6) is 0.695. The first-order valence-electron chi connectivity index (χ1n) is 9.65. The van der Waals surface area contributed by atoms with Crippen LogP contribution >= 0.6 is 0 Å². The Labute approximate surface area is 159 Å². The first-order chi connectivity index (χ1) is 12.0. The van der Waals surface area contributed by atoms with Gasteiger partial charge in [-0.1, -0.05) is 33.6 Å². The minimum atomic E-state index is -0.511. The van der Waals surface area contributed by atoms with Gasteiger partial charge >= 0.3 is 6.09 Å². The van der Waals surface area contributed by atoms with Crippen molar-refractivity contribution < 1.29 is 14.6 Å². The van der Waals surface area contributed by atoms with Crippen molar-refractivity contribution in [3.8, 4) is 0 Å². The van der Waals surface area contributed by atoms with Gasteiger partial charge in [-0.3, -0.25) is 4.99 Å². The van der Waals surface area contributed by atoms with Gasteiger partial charge in [-0.15, -0.1) is 0 Å². The molecule has 0 heterocycles. The second-order valence-corrected chi connectivity index (χ2v) is 8.38. The molecule has 0 rings (SSSR count). The molecule has 0 aliphatic rings. The Morgan fingerprint density at radius 3 is 2.31 bits per heavy atom.